The summed E-state index contributed by atoms with van der Waals surface area (Å²) in [6.07, 6.45) is 2.06. The summed E-state index contributed by atoms with van der Waals surface area (Å²) in [7, 11) is 0. The van der Waals surface area contributed by atoms with Gasteiger partial charge in [-0.3, -0.25) is 0 Å². The number of rotatable bonds is 5. The van der Waals surface area contributed by atoms with Crippen molar-refractivity contribution >= 4 is 34.1 Å². The van der Waals surface area contributed by atoms with Crippen molar-refractivity contribution in [2.75, 3.05) is 6.54 Å². The van der Waals surface area contributed by atoms with Crippen LogP contribution in [0.5, 0.6) is 0 Å². The third-order valence-corrected chi connectivity index (χ3v) is 4.15. The van der Waals surface area contributed by atoms with Crippen LogP contribution in [-0.2, 0) is 6.54 Å². The van der Waals surface area contributed by atoms with Gasteiger partial charge < -0.3 is 9.88 Å². The molecule has 0 bridgehead atoms. The van der Waals surface area contributed by atoms with Crippen LogP contribution in [0.4, 0.5) is 0 Å². The summed E-state index contributed by atoms with van der Waals surface area (Å²) in [5.41, 5.74) is 1.09. The standard InChI is InChI=1S/C15H20Cl2N2/c1-10(2)11(3)18-5-7-19-6-4-13-14(17)8-12(16)9-15(13)19/h4,6,8-11,18H,5,7H2,1-3H3. The number of benzene rings is 1. The van der Waals surface area contributed by atoms with Gasteiger partial charge in [-0.2, -0.15) is 0 Å². The lowest BCUT2D eigenvalue weighted by molar-refractivity contribution is 0.418. The Bertz CT molecular complexity index is 561. The molecular weight excluding hydrogens is 279 g/mol. The SMILES string of the molecule is CC(C)C(C)NCCn1ccc2c(Cl)cc(Cl)cc21. The monoisotopic (exact) mass is 298 g/mol. The second-order valence-corrected chi connectivity index (χ2v) is 6.16. The maximum atomic E-state index is 6.19. The number of aromatic nitrogens is 1. The molecule has 4 heteroatoms. The first-order valence-corrected chi connectivity index (χ1v) is 7.42. The lowest BCUT2D eigenvalue weighted by Crippen LogP contribution is -2.33. The van der Waals surface area contributed by atoms with E-state index in [1.807, 2.05) is 12.1 Å². The van der Waals surface area contributed by atoms with Crippen molar-refractivity contribution < 1.29 is 0 Å². The minimum absolute atomic E-state index is 0.522. The Hall–Kier alpha value is -0.700. The first kappa shape index (κ1) is 14.7. The zero-order valence-corrected chi connectivity index (χ0v) is 13.1. The molecule has 0 fully saturated rings. The highest BCUT2D eigenvalue weighted by Crippen LogP contribution is 2.28. The molecule has 0 amide bonds. The summed E-state index contributed by atoms with van der Waals surface area (Å²) in [5, 5.41) is 5.98. The van der Waals surface area contributed by atoms with E-state index in [1.54, 1.807) is 6.07 Å². The first-order chi connectivity index (χ1) is 8.99. The number of halogens is 2. The molecule has 19 heavy (non-hydrogen) atoms. The third kappa shape index (κ3) is 3.44. The fraction of sp³-hybridized carbons (Fsp3) is 0.467. The largest absolute Gasteiger partial charge is 0.346 e. The Labute approximate surface area is 124 Å². The lowest BCUT2D eigenvalue weighted by atomic mass is 10.1. The van der Waals surface area contributed by atoms with E-state index in [2.05, 4.69) is 36.9 Å². The van der Waals surface area contributed by atoms with Gasteiger partial charge >= 0.3 is 0 Å². The van der Waals surface area contributed by atoms with Crippen molar-refractivity contribution in [1.29, 1.82) is 0 Å². The molecule has 1 N–H and O–H groups in total. The van der Waals surface area contributed by atoms with Crippen LogP contribution in [0.15, 0.2) is 24.4 Å². The number of fused-ring (bicyclic) bond motifs is 1. The Morgan fingerprint density at radius 1 is 1.21 bits per heavy atom. The Kier molecular flexibility index (Phi) is 4.77. The molecule has 2 rings (SSSR count). The Morgan fingerprint density at radius 3 is 2.63 bits per heavy atom. The Morgan fingerprint density at radius 2 is 1.95 bits per heavy atom. The average molecular weight is 299 g/mol. The van der Waals surface area contributed by atoms with Crippen LogP contribution in [0, 0.1) is 5.92 Å². The second kappa shape index (κ2) is 6.17. The van der Waals surface area contributed by atoms with E-state index in [0.717, 1.165) is 24.0 Å². The fourth-order valence-electron chi connectivity index (χ4n) is 2.06. The summed E-state index contributed by atoms with van der Waals surface area (Å²) < 4.78 is 2.19. The second-order valence-electron chi connectivity index (χ2n) is 5.32. The molecule has 0 saturated carbocycles. The van der Waals surface area contributed by atoms with E-state index in [9.17, 15) is 0 Å². The molecule has 2 nitrogen and oxygen atoms in total. The summed E-state index contributed by atoms with van der Waals surface area (Å²) in [5.74, 6) is 0.644. The quantitative estimate of drug-likeness (QED) is 0.855. The molecule has 104 valence electrons. The number of hydrogen-bond acceptors (Lipinski definition) is 1. The molecule has 1 atom stereocenters. The zero-order valence-electron chi connectivity index (χ0n) is 11.6. The van der Waals surface area contributed by atoms with Gasteiger partial charge in [0.05, 0.1) is 10.5 Å². The van der Waals surface area contributed by atoms with Gasteiger partial charge in [-0.05, 0) is 31.0 Å². The predicted octanol–water partition coefficient (Wildman–Crippen LogP) is 4.58. The van der Waals surface area contributed by atoms with E-state index in [-0.39, 0.29) is 0 Å². The van der Waals surface area contributed by atoms with E-state index in [4.69, 9.17) is 23.2 Å². The molecular formula is C15H20Cl2N2. The molecule has 1 heterocycles. The van der Waals surface area contributed by atoms with Crippen molar-refractivity contribution in [3.05, 3.63) is 34.4 Å². The number of nitrogens with one attached hydrogen (secondary N) is 1. The third-order valence-electron chi connectivity index (χ3n) is 3.62. The summed E-state index contributed by atoms with van der Waals surface area (Å²) >= 11 is 12.3. The van der Waals surface area contributed by atoms with Gasteiger partial charge in [-0.25, -0.2) is 0 Å². The fourth-order valence-corrected chi connectivity index (χ4v) is 2.61. The van der Waals surface area contributed by atoms with Gasteiger partial charge in [0.25, 0.3) is 0 Å². The smallest absolute Gasteiger partial charge is 0.0514 e. The normalized spacial score (nSPS) is 13.4. The molecule has 1 unspecified atom stereocenters. The topological polar surface area (TPSA) is 17.0 Å². The van der Waals surface area contributed by atoms with Crippen LogP contribution in [-0.4, -0.2) is 17.2 Å². The van der Waals surface area contributed by atoms with Gasteiger partial charge in [0.15, 0.2) is 0 Å². The van der Waals surface area contributed by atoms with Crippen molar-refractivity contribution in [1.82, 2.24) is 9.88 Å². The predicted molar refractivity (Wildman–Crippen MR) is 84.3 cm³/mol. The minimum atomic E-state index is 0.522. The van der Waals surface area contributed by atoms with E-state index in [0.29, 0.717) is 22.0 Å². The van der Waals surface area contributed by atoms with Gasteiger partial charge in [-0.15, -0.1) is 0 Å². The van der Waals surface area contributed by atoms with Gasteiger partial charge in [0, 0.05) is 35.7 Å². The average Bonchev–Trinajstić information content (AvgIpc) is 2.72. The van der Waals surface area contributed by atoms with Crippen molar-refractivity contribution in [3.8, 4) is 0 Å². The van der Waals surface area contributed by atoms with E-state index in [1.165, 1.54) is 0 Å². The zero-order chi connectivity index (χ0) is 14.0. The van der Waals surface area contributed by atoms with E-state index < -0.39 is 0 Å². The summed E-state index contributed by atoms with van der Waals surface area (Å²) in [6.45, 7) is 8.52. The molecule has 0 aliphatic rings. The van der Waals surface area contributed by atoms with Crippen molar-refractivity contribution in [2.45, 2.75) is 33.4 Å². The highest BCUT2D eigenvalue weighted by atomic mass is 35.5. The molecule has 2 aromatic rings. The molecule has 1 aromatic heterocycles. The maximum absolute atomic E-state index is 6.19. The lowest BCUT2D eigenvalue weighted by Gasteiger charge is -2.17. The molecule has 0 aliphatic heterocycles. The van der Waals surface area contributed by atoms with Crippen molar-refractivity contribution in [2.24, 2.45) is 5.92 Å². The highest BCUT2D eigenvalue weighted by Gasteiger charge is 2.08. The van der Waals surface area contributed by atoms with Crippen LogP contribution >= 0.6 is 23.2 Å². The van der Waals surface area contributed by atoms with Crippen LogP contribution < -0.4 is 5.32 Å². The molecule has 0 spiro atoms. The highest BCUT2D eigenvalue weighted by molar-refractivity contribution is 6.38. The molecule has 0 radical (unpaired) electrons. The minimum Gasteiger partial charge on any atom is -0.346 e. The van der Waals surface area contributed by atoms with E-state index >= 15 is 0 Å². The van der Waals surface area contributed by atoms with Crippen molar-refractivity contribution in [3.63, 3.8) is 0 Å². The maximum Gasteiger partial charge on any atom is 0.0514 e. The summed E-state index contributed by atoms with van der Waals surface area (Å²) in [6, 6.07) is 6.32. The van der Waals surface area contributed by atoms with Crippen LogP contribution in [0.25, 0.3) is 10.9 Å². The van der Waals surface area contributed by atoms with Crippen LogP contribution in [0.1, 0.15) is 20.8 Å². The number of nitrogens with zero attached hydrogens (tertiary/aromatic N) is 1. The van der Waals surface area contributed by atoms with Gasteiger partial charge in [0.1, 0.15) is 0 Å². The molecule has 0 aliphatic carbocycles. The Balaban J connectivity index is 2.09. The molecule has 0 saturated heterocycles. The van der Waals surface area contributed by atoms with Crippen LogP contribution in [0.3, 0.4) is 0 Å². The summed E-state index contributed by atoms with van der Waals surface area (Å²) in [4.78, 5) is 0. The van der Waals surface area contributed by atoms with Gasteiger partial charge in [0.2, 0.25) is 0 Å². The van der Waals surface area contributed by atoms with Gasteiger partial charge in [-0.1, -0.05) is 37.0 Å². The molecule has 1 aromatic carbocycles. The first-order valence-electron chi connectivity index (χ1n) is 6.66. The van der Waals surface area contributed by atoms with Crippen LogP contribution in [0.2, 0.25) is 10.0 Å². The number of hydrogen-bond donors (Lipinski definition) is 1.